The summed E-state index contributed by atoms with van der Waals surface area (Å²) in [6, 6.07) is 6.24. The quantitative estimate of drug-likeness (QED) is 0.919. The number of hydrogen-bond donors (Lipinski definition) is 1. The zero-order valence-electron chi connectivity index (χ0n) is 11.8. The summed E-state index contributed by atoms with van der Waals surface area (Å²) in [5.41, 5.74) is 3.10. The van der Waals surface area contributed by atoms with Gasteiger partial charge in [-0.3, -0.25) is 4.31 Å². The molecule has 0 amide bonds. The summed E-state index contributed by atoms with van der Waals surface area (Å²) < 4.78 is 28.2. The molecule has 0 atom stereocenters. The van der Waals surface area contributed by atoms with E-state index in [4.69, 9.17) is 0 Å². The van der Waals surface area contributed by atoms with Crippen LogP contribution in [0.25, 0.3) is 0 Å². The highest BCUT2D eigenvalue weighted by atomic mass is 32.2. The van der Waals surface area contributed by atoms with Crippen LogP contribution in [0.5, 0.6) is 0 Å². The van der Waals surface area contributed by atoms with E-state index in [1.165, 1.54) is 24.2 Å². The van der Waals surface area contributed by atoms with E-state index in [2.05, 4.69) is 21.8 Å². The van der Waals surface area contributed by atoms with Gasteiger partial charge in [0.1, 0.15) is 0 Å². The zero-order chi connectivity index (χ0) is 14.2. The molecule has 0 bridgehead atoms. The van der Waals surface area contributed by atoms with Crippen LogP contribution in [0.4, 0.5) is 11.4 Å². The van der Waals surface area contributed by atoms with Gasteiger partial charge in [0.05, 0.1) is 5.69 Å². The second-order valence-electron chi connectivity index (χ2n) is 5.39. The lowest BCUT2D eigenvalue weighted by Crippen LogP contribution is -2.42. The minimum Gasteiger partial charge on any atom is -0.371 e. The van der Waals surface area contributed by atoms with Crippen molar-refractivity contribution >= 4 is 21.6 Å². The summed E-state index contributed by atoms with van der Waals surface area (Å²) >= 11 is 0. The third-order valence-electron chi connectivity index (χ3n) is 4.16. The van der Waals surface area contributed by atoms with Crippen molar-refractivity contribution < 1.29 is 8.42 Å². The number of fused-ring (bicyclic) bond motifs is 1. The Kier molecular flexibility index (Phi) is 3.60. The van der Waals surface area contributed by atoms with Gasteiger partial charge >= 0.3 is 10.2 Å². The molecule has 0 saturated carbocycles. The van der Waals surface area contributed by atoms with E-state index in [9.17, 15) is 8.42 Å². The van der Waals surface area contributed by atoms with E-state index in [1.54, 1.807) is 0 Å². The average Bonchev–Trinajstić information content (AvgIpc) is 3.00. The molecule has 1 saturated heterocycles. The van der Waals surface area contributed by atoms with Crippen LogP contribution in [-0.4, -0.2) is 35.1 Å². The van der Waals surface area contributed by atoms with Gasteiger partial charge in [0.25, 0.3) is 0 Å². The summed E-state index contributed by atoms with van der Waals surface area (Å²) in [6.07, 6.45) is 4.26. The molecule has 5 nitrogen and oxygen atoms in total. The monoisotopic (exact) mass is 295 g/mol. The van der Waals surface area contributed by atoms with Crippen LogP contribution in [0.3, 0.4) is 0 Å². The van der Waals surface area contributed by atoms with Gasteiger partial charge < -0.3 is 4.90 Å². The van der Waals surface area contributed by atoms with Crippen LogP contribution in [0.1, 0.15) is 24.8 Å². The largest absolute Gasteiger partial charge is 0.371 e. The minimum atomic E-state index is -3.41. The Morgan fingerprint density at radius 3 is 2.55 bits per heavy atom. The lowest BCUT2D eigenvalue weighted by atomic mass is 10.0. The van der Waals surface area contributed by atoms with Gasteiger partial charge in [0, 0.05) is 32.4 Å². The van der Waals surface area contributed by atoms with Gasteiger partial charge in [-0.25, -0.2) is 4.72 Å². The standard InChI is InChI=1S/C14H21N3O2S/c1-15-20(18,19)17-10-4-5-12-6-7-13(11-14(12)17)16-8-2-3-9-16/h6-7,11,15H,2-5,8-10H2,1H3. The number of nitrogens with zero attached hydrogens (tertiary/aromatic N) is 2. The lowest BCUT2D eigenvalue weighted by Gasteiger charge is -2.31. The summed E-state index contributed by atoms with van der Waals surface area (Å²) in [5.74, 6) is 0. The Morgan fingerprint density at radius 2 is 1.85 bits per heavy atom. The van der Waals surface area contributed by atoms with Crippen molar-refractivity contribution in [1.29, 1.82) is 0 Å². The Balaban J connectivity index is 2.00. The molecule has 3 rings (SSSR count). The second-order valence-corrected chi connectivity index (χ2v) is 7.19. The molecule has 1 fully saturated rings. The molecule has 0 aromatic heterocycles. The normalized spacial score (nSPS) is 19.2. The number of benzene rings is 1. The van der Waals surface area contributed by atoms with Gasteiger partial charge in [0.2, 0.25) is 0 Å². The first-order valence-electron chi connectivity index (χ1n) is 7.21. The predicted octanol–water partition coefficient (Wildman–Crippen LogP) is 1.50. The van der Waals surface area contributed by atoms with Crippen LogP contribution in [0, 0.1) is 0 Å². The first-order chi connectivity index (χ1) is 9.62. The van der Waals surface area contributed by atoms with Crippen molar-refractivity contribution in [1.82, 2.24) is 4.72 Å². The van der Waals surface area contributed by atoms with Crippen molar-refractivity contribution in [3.05, 3.63) is 23.8 Å². The molecule has 0 aliphatic carbocycles. The molecule has 1 N–H and O–H groups in total. The van der Waals surface area contributed by atoms with Crippen molar-refractivity contribution in [2.45, 2.75) is 25.7 Å². The molecule has 0 unspecified atom stereocenters. The number of anilines is 2. The van der Waals surface area contributed by atoms with Crippen molar-refractivity contribution in [2.24, 2.45) is 0 Å². The smallest absolute Gasteiger partial charge is 0.301 e. The Bertz CT molecular complexity index is 594. The molecule has 20 heavy (non-hydrogen) atoms. The van der Waals surface area contributed by atoms with E-state index in [0.29, 0.717) is 6.54 Å². The first-order valence-corrected chi connectivity index (χ1v) is 8.65. The summed E-state index contributed by atoms with van der Waals surface area (Å²) in [4.78, 5) is 2.33. The van der Waals surface area contributed by atoms with Crippen LogP contribution >= 0.6 is 0 Å². The Hall–Kier alpha value is -1.27. The zero-order valence-corrected chi connectivity index (χ0v) is 12.6. The maximum Gasteiger partial charge on any atom is 0.301 e. The molecular weight excluding hydrogens is 274 g/mol. The fourth-order valence-corrected chi connectivity index (χ4v) is 4.08. The summed E-state index contributed by atoms with van der Waals surface area (Å²) in [7, 11) is -1.94. The van der Waals surface area contributed by atoms with Crippen LogP contribution in [0.15, 0.2) is 18.2 Å². The third-order valence-corrected chi connectivity index (χ3v) is 5.64. The Labute approximate surface area is 120 Å². The maximum atomic E-state index is 12.2. The van der Waals surface area contributed by atoms with Gasteiger partial charge in [-0.2, -0.15) is 8.42 Å². The fourth-order valence-electron chi connectivity index (χ4n) is 3.06. The number of hydrogen-bond acceptors (Lipinski definition) is 3. The van der Waals surface area contributed by atoms with Crippen LogP contribution < -0.4 is 13.9 Å². The van der Waals surface area contributed by atoms with Crippen LogP contribution in [-0.2, 0) is 16.6 Å². The summed E-state index contributed by atoms with van der Waals surface area (Å²) in [6.45, 7) is 2.69. The van der Waals surface area contributed by atoms with Crippen molar-refractivity contribution in [2.75, 3.05) is 35.9 Å². The first kappa shape index (κ1) is 13.7. The number of nitrogens with one attached hydrogen (secondary N) is 1. The highest BCUT2D eigenvalue weighted by Gasteiger charge is 2.27. The molecule has 1 aromatic rings. The molecule has 1 aromatic carbocycles. The predicted molar refractivity (Wildman–Crippen MR) is 81.5 cm³/mol. The highest BCUT2D eigenvalue weighted by molar-refractivity contribution is 7.90. The van der Waals surface area contributed by atoms with Gasteiger partial charge in [0.15, 0.2) is 0 Å². The van der Waals surface area contributed by atoms with Crippen LogP contribution in [0.2, 0.25) is 0 Å². The fraction of sp³-hybridized carbons (Fsp3) is 0.571. The second kappa shape index (κ2) is 5.26. The van der Waals surface area contributed by atoms with Crippen molar-refractivity contribution in [3.63, 3.8) is 0 Å². The minimum absolute atomic E-state index is 0.555. The van der Waals surface area contributed by atoms with Gasteiger partial charge in [-0.05, 0) is 43.4 Å². The van der Waals surface area contributed by atoms with E-state index in [1.807, 2.05) is 6.07 Å². The molecule has 2 aliphatic heterocycles. The number of rotatable bonds is 3. The molecule has 110 valence electrons. The lowest BCUT2D eigenvalue weighted by molar-refractivity contribution is 0.578. The number of aryl methyl sites for hydroxylation is 1. The Morgan fingerprint density at radius 1 is 1.10 bits per heavy atom. The van der Waals surface area contributed by atoms with E-state index < -0.39 is 10.2 Å². The molecule has 2 aliphatic rings. The summed E-state index contributed by atoms with van der Waals surface area (Å²) in [5, 5.41) is 0. The SMILES string of the molecule is CNS(=O)(=O)N1CCCc2ccc(N3CCCC3)cc21. The molecule has 2 heterocycles. The van der Waals surface area contributed by atoms with Gasteiger partial charge in [-0.15, -0.1) is 0 Å². The van der Waals surface area contributed by atoms with Gasteiger partial charge in [-0.1, -0.05) is 6.07 Å². The van der Waals surface area contributed by atoms with E-state index in [-0.39, 0.29) is 0 Å². The molecular formula is C14H21N3O2S. The van der Waals surface area contributed by atoms with E-state index in [0.717, 1.165) is 42.9 Å². The maximum absolute atomic E-state index is 12.2. The molecule has 0 spiro atoms. The average molecular weight is 295 g/mol. The highest BCUT2D eigenvalue weighted by Crippen LogP contribution is 2.33. The van der Waals surface area contributed by atoms with Crippen molar-refractivity contribution in [3.8, 4) is 0 Å². The molecule has 6 heteroatoms. The topological polar surface area (TPSA) is 52.7 Å². The molecule has 0 radical (unpaired) electrons. The van der Waals surface area contributed by atoms with E-state index >= 15 is 0 Å². The third kappa shape index (κ3) is 2.38.